The van der Waals surface area contributed by atoms with Crippen molar-refractivity contribution >= 4 is 0 Å². The van der Waals surface area contributed by atoms with Crippen molar-refractivity contribution in [3.05, 3.63) is 29.8 Å². The van der Waals surface area contributed by atoms with Crippen molar-refractivity contribution in [1.29, 1.82) is 0 Å². The van der Waals surface area contributed by atoms with Crippen LogP contribution in [0.4, 0.5) is 0 Å². The van der Waals surface area contributed by atoms with E-state index in [0.29, 0.717) is 23.6 Å². The number of phenols is 1. The van der Waals surface area contributed by atoms with Crippen LogP contribution in [-0.2, 0) is 0 Å². The third kappa shape index (κ3) is 4.54. The van der Waals surface area contributed by atoms with Gasteiger partial charge in [-0.2, -0.15) is 0 Å². The summed E-state index contributed by atoms with van der Waals surface area (Å²) in [5.41, 5.74) is 1.26. The molecule has 0 aliphatic heterocycles. The molecule has 19 heavy (non-hydrogen) atoms. The number of benzene rings is 1. The van der Waals surface area contributed by atoms with Crippen molar-refractivity contribution in [2.24, 2.45) is 5.92 Å². The molecule has 2 nitrogen and oxygen atoms in total. The van der Waals surface area contributed by atoms with Gasteiger partial charge in [-0.25, -0.2) is 0 Å². The van der Waals surface area contributed by atoms with Crippen molar-refractivity contribution in [3.8, 4) is 5.75 Å². The van der Waals surface area contributed by atoms with Crippen LogP contribution in [0.3, 0.4) is 0 Å². The van der Waals surface area contributed by atoms with Crippen LogP contribution >= 0.6 is 0 Å². The summed E-state index contributed by atoms with van der Waals surface area (Å²) in [4.78, 5) is 2.44. The third-order valence-electron chi connectivity index (χ3n) is 4.34. The lowest BCUT2D eigenvalue weighted by molar-refractivity contribution is 0.204. The molecule has 0 spiro atoms. The molecule has 1 N–H and O–H groups in total. The average molecular weight is 263 g/mol. The fourth-order valence-electron chi connectivity index (χ4n) is 2.80. The van der Waals surface area contributed by atoms with E-state index in [1.807, 2.05) is 12.1 Å². The monoisotopic (exact) mass is 263 g/mol. The molecule has 0 heterocycles. The molecule has 108 valence electrons. The summed E-state index contributed by atoms with van der Waals surface area (Å²) in [5, 5.41) is 9.64. The maximum absolute atomic E-state index is 9.64. The van der Waals surface area contributed by atoms with E-state index in [2.05, 4.69) is 45.7 Å². The fraction of sp³-hybridized carbons (Fsp3) is 0.647. The van der Waals surface area contributed by atoms with E-state index in [1.54, 1.807) is 6.07 Å². The highest BCUT2D eigenvalue weighted by Gasteiger charge is 2.20. The van der Waals surface area contributed by atoms with Crippen LogP contribution in [0.1, 0.15) is 52.0 Å². The Morgan fingerprint density at radius 3 is 2.37 bits per heavy atom. The van der Waals surface area contributed by atoms with Gasteiger partial charge < -0.3 is 10.0 Å². The van der Waals surface area contributed by atoms with Gasteiger partial charge in [-0.3, -0.25) is 0 Å². The Morgan fingerprint density at radius 2 is 1.84 bits per heavy atom. The standard InChI is InChI=1S/C17H29NO/c1-6-14(4)18(5)12-13(3)17(7-2)15-9-8-10-16(19)11-15/h8-11,13-14,17,19H,6-7,12H2,1-5H3. The summed E-state index contributed by atoms with van der Waals surface area (Å²) in [6.07, 6.45) is 2.30. The summed E-state index contributed by atoms with van der Waals surface area (Å²) < 4.78 is 0. The molecular formula is C17H29NO. The molecule has 0 aliphatic rings. The van der Waals surface area contributed by atoms with Crippen molar-refractivity contribution in [2.75, 3.05) is 13.6 Å². The molecule has 0 fully saturated rings. The summed E-state index contributed by atoms with van der Waals surface area (Å²) in [6.45, 7) is 10.2. The fourth-order valence-corrected chi connectivity index (χ4v) is 2.80. The van der Waals surface area contributed by atoms with Gasteiger partial charge in [-0.15, -0.1) is 0 Å². The van der Waals surface area contributed by atoms with Crippen molar-refractivity contribution in [3.63, 3.8) is 0 Å². The first kappa shape index (κ1) is 16.0. The molecule has 3 unspecified atom stereocenters. The van der Waals surface area contributed by atoms with Crippen LogP contribution < -0.4 is 0 Å². The highest BCUT2D eigenvalue weighted by molar-refractivity contribution is 5.30. The molecule has 0 saturated carbocycles. The molecule has 1 aromatic carbocycles. The van der Waals surface area contributed by atoms with Gasteiger partial charge in [0.15, 0.2) is 0 Å². The van der Waals surface area contributed by atoms with E-state index in [4.69, 9.17) is 0 Å². The zero-order valence-electron chi connectivity index (χ0n) is 13.1. The zero-order valence-corrected chi connectivity index (χ0v) is 13.1. The first-order valence-corrected chi connectivity index (χ1v) is 7.48. The Morgan fingerprint density at radius 1 is 1.16 bits per heavy atom. The van der Waals surface area contributed by atoms with Crippen LogP contribution in [0.25, 0.3) is 0 Å². The summed E-state index contributed by atoms with van der Waals surface area (Å²) >= 11 is 0. The van der Waals surface area contributed by atoms with Crippen molar-refractivity contribution in [1.82, 2.24) is 4.90 Å². The lowest BCUT2D eigenvalue weighted by Gasteiger charge is -2.31. The molecule has 1 aromatic rings. The SMILES string of the molecule is CCC(c1cccc(O)c1)C(C)CN(C)C(C)CC. The maximum atomic E-state index is 9.64. The lowest BCUT2D eigenvalue weighted by Crippen LogP contribution is -2.34. The van der Waals surface area contributed by atoms with Crippen LogP contribution in [0.15, 0.2) is 24.3 Å². The van der Waals surface area contributed by atoms with Crippen LogP contribution in [0.2, 0.25) is 0 Å². The van der Waals surface area contributed by atoms with Crippen LogP contribution in [0.5, 0.6) is 5.75 Å². The smallest absolute Gasteiger partial charge is 0.115 e. The number of aromatic hydroxyl groups is 1. The van der Waals surface area contributed by atoms with E-state index >= 15 is 0 Å². The largest absolute Gasteiger partial charge is 0.508 e. The number of hydrogen-bond donors (Lipinski definition) is 1. The molecule has 0 aliphatic carbocycles. The Hall–Kier alpha value is -1.02. The molecule has 0 aromatic heterocycles. The predicted molar refractivity (Wildman–Crippen MR) is 82.7 cm³/mol. The summed E-state index contributed by atoms with van der Waals surface area (Å²) in [5.74, 6) is 1.47. The molecule has 2 heteroatoms. The number of rotatable bonds is 7. The predicted octanol–water partition coefficient (Wildman–Crippen LogP) is 4.25. The second kappa shape index (κ2) is 7.54. The first-order chi connectivity index (χ1) is 8.99. The summed E-state index contributed by atoms with van der Waals surface area (Å²) in [7, 11) is 2.21. The van der Waals surface area contributed by atoms with Crippen LogP contribution in [-0.4, -0.2) is 29.6 Å². The molecule has 0 bridgehead atoms. The summed E-state index contributed by atoms with van der Waals surface area (Å²) in [6, 6.07) is 8.36. The van der Waals surface area contributed by atoms with Gasteiger partial charge in [-0.1, -0.05) is 32.9 Å². The van der Waals surface area contributed by atoms with Crippen molar-refractivity contribution in [2.45, 2.75) is 52.5 Å². The minimum absolute atomic E-state index is 0.374. The van der Waals surface area contributed by atoms with E-state index in [1.165, 1.54) is 12.0 Å². The van der Waals surface area contributed by atoms with Crippen LogP contribution in [0, 0.1) is 5.92 Å². The first-order valence-electron chi connectivity index (χ1n) is 7.48. The number of hydrogen-bond acceptors (Lipinski definition) is 2. The Bertz CT molecular complexity index is 377. The van der Waals surface area contributed by atoms with Gasteiger partial charge >= 0.3 is 0 Å². The Kier molecular flexibility index (Phi) is 6.36. The number of nitrogens with zero attached hydrogens (tertiary/aromatic N) is 1. The lowest BCUT2D eigenvalue weighted by atomic mass is 9.84. The third-order valence-corrected chi connectivity index (χ3v) is 4.34. The zero-order chi connectivity index (χ0) is 14.4. The minimum Gasteiger partial charge on any atom is -0.508 e. The van der Waals surface area contributed by atoms with Gasteiger partial charge in [0.2, 0.25) is 0 Å². The highest BCUT2D eigenvalue weighted by atomic mass is 16.3. The average Bonchev–Trinajstić information content (AvgIpc) is 2.38. The second-order valence-corrected chi connectivity index (χ2v) is 5.78. The molecular weight excluding hydrogens is 234 g/mol. The van der Waals surface area contributed by atoms with E-state index in [0.717, 1.165) is 13.0 Å². The molecule has 3 atom stereocenters. The van der Waals surface area contributed by atoms with Gasteiger partial charge in [0, 0.05) is 12.6 Å². The van der Waals surface area contributed by atoms with Crippen molar-refractivity contribution < 1.29 is 5.11 Å². The van der Waals surface area contributed by atoms with Gasteiger partial charge in [-0.05, 0) is 56.3 Å². The highest BCUT2D eigenvalue weighted by Crippen LogP contribution is 2.30. The van der Waals surface area contributed by atoms with Gasteiger partial charge in [0.1, 0.15) is 5.75 Å². The number of phenolic OH excluding ortho intramolecular Hbond substituents is 1. The molecule has 1 rings (SSSR count). The second-order valence-electron chi connectivity index (χ2n) is 5.78. The van der Waals surface area contributed by atoms with E-state index < -0.39 is 0 Å². The van der Waals surface area contributed by atoms with Gasteiger partial charge in [0.25, 0.3) is 0 Å². The Balaban J connectivity index is 2.74. The molecule has 0 radical (unpaired) electrons. The normalized spacial score (nSPS) is 16.3. The molecule has 0 amide bonds. The van der Waals surface area contributed by atoms with Gasteiger partial charge in [0.05, 0.1) is 0 Å². The topological polar surface area (TPSA) is 23.5 Å². The maximum Gasteiger partial charge on any atom is 0.115 e. The Labute approximate surface area is 118 Å². The quantitative estimate of drug-likeness (QED) is 0.795. The molecule has 0 saturated heterocycles. The van der Waals surface area contributed by atoms with E-state index in [-0.39, 0.29) is 0 Å². The minimum atomic E-state index is 0.374. The van der Waals surface area contributed by atoms with E-state index in [9.17, 15) is 5.11 Å².